The van der Waals surface area contributed by atoms with E-state index in [1.807, 2.05) is 24.3 Å². The zero-order chi connectivity index (χ0) is 16.7. The van der Waals surface area contributed by atoms with Crippen LogP contribution in [-0.4, -0.2) is 30.1 Å². The van der Waals surface area contributed by atoms with E-state index in [4.69, 9.17) is 4.74 Å². The number of amides is 1. The van der Waals surface area contributed by atoms with E-state index in [1.54, 1.807) is 7.11 Å². The summed E-state index contributed by atoms with van der Waals surface area (Å²) in [5.41, 5.74) is 0.861. The van der Waals surface area contributed by atoms with E-state index in [2.05, 4.69) is 5.32 Å². The molecule has 0 aromatic heterocycles. The predicted molar refractivity (Wildman–Crippen MR) is 87.5 cm³/mol. The second kappa shape index (κ2) is 8.56. The van der Waals surface area contributed by atoms with Gasteiger partial charge in [-0.1, -0.05) is 37.8 Å². The van der Waals surface area contributed by atoms with Gasteiger partial charge in [-0.3, -0.25) is 9.59 Å². The van der Waals surface area contributed by atoms with Crippen molar-refractivity contribution in [3.8, 4) is 5.75 Å². The summed E-state index contributed by atoms with van der Waals surface area (Å²) in [5, 5.41) is 12.4. The minimum atomic E-state index is -0.807. The zero-order valence-electron chi connectivity index (χ0n) is 13.6. The molecule has 1 aliphatic rings. The van der Waals surface area contributed by atoms with Crippen molar-refractivity contribution < 1.29 is 19.4 Å². The fourth-order valence-corrected chi connectivity index (χ4v) is 3.18. The Morgan fingerprint density at radius 3 is 2.65 bits per heavy atom. The Bertz CT molecular complexity index is 544. The molecule has 1 aromatic rings. The van der Waals surface area contributed by atoms with Gasteiger partial charge in [-0.25, -0.2) is 0 Å². The first kappa shape index (κ1) is 17.3. The molecule has 2 unspecified atom stereocenters. The van der Waals surface area contributed by atoms with Gasteiger partial charge in [-0.15, -0.1) is 0 Å². The maximum atomic E-state index is 12.3. The SMILES string of the molecule is COc1cccc(CC(=O)NC2CCCCCCC2C(=O)O)c1. The van der Waals surface area contributed by atoms with Crippen LogP contribution in [0.25, 0.3) is 0 Å². The monoisotopic (exact) mass is 319 g/mol. The normalized spacial score (nSPS) is 21.8. The Balaban J connectivity index is 1.99. The van der Waals surface area contributed by atoms with Gasteiger partial charge in [0.15, 0.2) is 0 Å². The van der Waals surface area contributed by atoms with Crippen molar-refractivity contribution in [3.05, 3.63) is 29.8 Å². The lowest BCUT2D eigenvalue weighted by molar-refractivity contribution is -0.143. The van der Waals surface area contributed by atoms with E-state index in [-0.39, 0.29) is 18.4 Å². The molecule has 1 amide bonds. The van der Waals surface area contributed by atoms with Crippen molar-refractivity contribution in [1.29, 1.82) is 0 Å². The van der Waals surface area contributed by atoms with Crippen LogP contribution in [0.4, 0.5) is 0 Å². The summed E-state index contributed by atoms with van der Waals surface area (Å²) in [5.74, 6) is -0.706. The van der Waals surface area contributed by atoms with Crippen molar-refractivity contribution in [1.82, 2.24) is 5.32 Å². The second-order valence-corrected chi connectivity index (χ2v) is 6.14. The lowest BCUT2D eigenvalue weighted by atomic mass is 9.86. The molecule has 0 saturated heterocycles. The van der Waals surface area contributed by atoms with E-state index in [0.717, 1.165) is 37.7 Å². The molecule has 126 valence electrons. The Hall–Kier alpha value is -2.04. The Labute approximate surface area is 137 Å². The summed E-state index contributed by atoms with van der Waals surface area (Å²) >= 11 is 0. The third kappa shape index (κ3) is 5.27. The Kier molecular flexibility index (Phi) is 6.44. The number of carbonyl (C=O) groups is 2. The van der Waals surface area contributed by atoms with E-state index in [1.165, 1.54) is 0 Å². The number of methoxy groups -OCH3 is 1. The zero-order valence-corrected chi connectivity index (χ0v) is 13.6. The molecule has 0 radical (unpaired) electrons. The van der Waals surface area contributed by atoms with Gasteiger partial charge in [0, 0.05) is 6.04 Å². The minimum absolute atomic E-state index is 0.130. The van der Waals surface area contributed by atoms with Crippen LogP contribution in [0.2, 0.25) is 0 Å². The van der Waals surface area contributed by atoms with Gasteiger partial charge in [0.1, 0.15) is 5.75 Å². The lowest BCUT2D eigenvalue weighted by Gasteiger charge is -2.27. The van der Waals surface area contributed by atoms with Crippen LogP contribution in [0.1, 0.15) is 44.1 Å². The summed E-state index contributed by atoms with van der Waals surface area (Å²) in [4.78, 5) is 23.8. The Morgan fingerprint density at radius 1 is 1.22 bits per heavy atom. The molecule has 5 nitrogen and oxygen atoms in total. The van der Waals surface area contributed by atoms with Gasteiger partial charge >= 0.3 is 5.97 Å². The van der Waals surface area contributed by atoms with Crippen molar-refractivity contribution in [2.75, 3.05) is 7.11 Å². The van der Waals surface area contributed by atoms with Gasteiger partial charge in [-0.05, 0) is 30.5 Å². The molecule has 0 aliphatic heterocycles. The minimum Gasteiger partial charge on any atom is -0.497 e. The number of nitrogens with one attached hydrogen (secondary N) is 1. The molecule has 2 atom stereocenters. The van der Waals surface area contributed by atoms with Crippen LogP contribution in [0.5, 0.6) is 5.75 Å². The van der Waals surface area contributed by atoms with Crippen molar-refractivity contribution >= 4 is 11.9 Å². The first-order valence-corrected chi connectivity index (χ1v) is 8.25. The van der Waals surface area contributed by atoms with Crippen LogP contribution in [0, 0.1) is 5.92 Å². The highest BCUT2D eigenvalue weighted by Crippen LogP contribution is 2.23. The van der Waals surface area contributed by atoms with Crippen molar-refractivity contribution in [3.63, 3.8) is 0 Å². The van der Waals surface area contributed by atoms with E-state index < -0.39 is 11.9 Å². The standard InChI is InChI=1S/C18H25NO4/c1-23-14-8-6-7-13(11-14)12-17(20)19-16-10-5-3-2-4-9-15(16)18(21)22/h6-8,11,15-16H,2-5,9-10,12H2,1H3,(H,19,20)(H,21,22). The van der Waals surface area contributed by atoms with Crippen LogP contribution < -0.4 is 10.1 Å². The predicted octanol–water partition coefficient (Wildman–Crippen LogP) is 2.78. The molecule has 1 fully saturated rings. The van der Waals surface area contributed by atoms with Crippen LogP contribution in [-0.2, 0) is 16.0 Å². The maximum Gasteiger partial charge on any atom is 0.308 e. The van der Waals surface area contributed by atoms with Gasteiger partial charge in [0.2, 0.25) is 5.91 Å². The fourth-order valence-electron chi connectivity index (χ4n) is 3.18. The molecular weight excluding hydrogens is 294 g/mol. The Morgan fingerprint density at radius 2 is 1.96 bits per heavy atom. The first-order chi connectivity index (χ1) is 11.1. The van der Waals surface area contributed by atoms with Crippen LogP contribution >= 0.6 is 0 Å². The van der Waals surface area contributed by atoms with E-state index in [0.29, 0.717) is 12.2 Å². The molecule has 1 saturated carbocycles. The molecule has 5 heteroatoms. The first-order valence-electron chi connectivity index (χ1n) is 8.25. The molecule has 2 rings (SSSR count). The highest BCUT2D eigenvalue weighted by molar-refractivity contribution is 5.80. The third-order valence-corrected chi connectivity index (χ3v) is 4.43. The van der Waals surface area contributed by atoms with Crippen LogP contribution in [0.3, 0.4) is 0 Å². The van der Waals surface area contributed by atoms with E-state index in [9.17, 15) is 14.7 Å². The average Bonchev–Trinajstić information content (AvgIpc) is 2.50. The number of carboxylic acids is 1. The number of benzene rings is 1. The maximum absolute atomic E-state index is 12.3. The third-order valence-electron chi connectivity index (χ3n) is 4.43. The number of carboxylic acid groups (broad SMARTS) is 1. The highest BCUT2D eigenvalue weighted by Gasteiger charge is 2.29. The van der Waals surface area contributed by atoms with Gasteiger partial charge < -0.3 is 15.2 Å². The second-order valence-electron chi connectivity index (χ2n) is 6.14. The highest BCUT2D eigenvalue weighted by atomic mass is 16.5. The van der Waals surface area contributed by atoms with Gasteiger partial charge in [0.05, 0.1) is 19.4 Å². The summed E-state index contributed by atoms with van der Waals surface area (Å²) < 4.78 is 5.16. The molecule has 2 N–H and O–H groups in total. The van der Waals surface area contributed by atoms with Crippen LogP contribution in [0.15, 0.2) is 24.3 Å². The average molecular weight is 319 g/mol. The smallest absolute Gasteiger partial charge is 0.308 e. The topological polar surface area (TPSA) is 75.6 Å². The van der Waals surface area contributed by atoms with E-state index >= 15 is 0 Å². The summed E-state index contributed by atoms with van der Waals surface area (Å²) in [6.45, 7) is 0. The number of ether oxygens (including phenoxy) is 1. The summed E-state index contributed by atoms with van der Waals surface area (Å²) in [6, 6.07) is 7.10. The van der Waals surface area contributed by atoms with Gasteiger partial charge in [0.25, 0.3) is 0 Å². The lowest BCUT2D eigenvalue weighted by Crippen LogP contribution is -2.44. The number of carbonyl (C=O) groups excluding carboxylic acids is 1. The number of rotatable bonds is 5. The summed E-state index contributed by atoms with van der Waals surface area (Å²) in [6.07, 6.45) is 5.68. The summed E-state index contributed by atoms with van der Waals surface area (Å²) in [7, 11) is 1.59. The molecule has 0 bridgehead atoms. The molecule has 1 aromatic carbocycles. The number of hydrogen-bond donors (Lipinski definition) is 2. The quantitative estimate of drug-likeness (QED) is 0.875. The number of aliphatic carboxylic acids is 1. The molecule has 23 heavy (non-hydrogen) atoms. The largest absolute Gasteiger partial charge is 0.497 e. The van der Waals surface area contributed by atoms with Crippen molar-refractivity contribution in [2.45, 2.75) is 51.0 Å². The van der Waals surface area contributed by atoms with Gasteiger partial charge in [-0.2, -0.15) is 0 Å². The molecule has 0 spiro atoms. The molecule has 0 heterocycles. The fraction of sp³-hybridized carbons (Fsp3) is 0.556. The van der Waals surface area contributed by atoms with Crippen molar-refractivity contribution in [2.24, 2.45) is 5.92 Å². The number of hydrogen-bond acceptors (Lipinski definition) is 3. The molecular formula is C18H25NO4. The molecule has 1 aliphatic carbocycles.